The molecule has 0 unspecified atom stereocenters. The maximum Gasteiger partial charge on any atom is 0.573 e. The summed E-state index contributed by atoms with van der Waals surface area (Å²) in [5, 5.41) is 2.69. The van der Waals surface area contributed by atoms with Crippen LogP contribution in [0.5, 0.6) is 5.75 Å². The number of hydrogen-bond donors (Lipinski definition) is 1. The Bertz CT molecular complexity index is 1830. The van der Waals surface area contributed by atoms with Crippen molar-refractivity contribution in [2.45, 2.75) is 43.1 Å². The van der Waals surface area contributed by atoms with Gasteiger partial charge in [-0.1, -0.05) is 47.1 Å². The van der Waals surface area contributed by atoms with E-state index in [1.165, 1.54) is 37.4 Å². The number of ether oxygens (including phenoxy) is 1. The third-order valence-electron chi connectivity index (χ3n) is 7.40. The molecule has 1 amide bonds. The average molecular weight is 729 g/mol. The lowest BCUT2D eigenvalue weighted by Crippen LogP contribution is -2.60. The number of rotatable bonds is 9. The summed E-state index contributed by atoms with van der Waals surface area (Å²) in [6.45, 7) is 1.13. The fourth-order valence-corrected chi connectivity index (χ4v) is 6.85. The second kappa shape index (κ2) is 13.1. The van der Waals surface area contributed by atoms with Gasteiger partial charge < -0.3 is 15.0 Å². The molecule has 1 aliphatic heterocycles. The summed E-state index contributed by atoms with van der Waals surface area (Å²) in [5.74, 6) is -3.87. The van der Waals surface area contributed by atoms with Crippen molar-refractivity contribution in [3.63, 3.8) is 0 Å². The van der Waals surface area contributed by atoms with Crippen LogP contribution in [-0.4, -0.2) is 60.6 Å². The van der Waals surface area contributed by atoms with E-state index in [0.29, 0.717) is 22.4 Å². The molecule has 2 heterocycles. The number of piperazine rings is 1. The number of anilines is 1. The maximum atomic E-state index is 14.0. The molecule has 1 N–H and O–H groups in total. The van der Waals surface area contributed by atoms with Gasteiger partial charge in [0.05, 0.1) is 22.1 Å². The minimum atomic E-state index is -4.96. The fourth-order valence-electron chi connectivity index (χ4n) is 4.93. The number of fused-ring (bicyclic) bond motifs is 1. The van der Waals surface area contributed by atoms with Crippen LogP contribution < -0.4 is 15.0 Å². The van der Waals surface area contributed by atoms with Crippen molar-refractivity contribution >= 4 is 48.7 Å². The normalized spacial score (nSPS) is 16.4. The van der Waals surface area contributed by atoms with Gasteiger partial charge in [-0.15, -0.1) is 13.2 Å². The number of aromatic nitrogens is 2. The van der Waals surface area contributed by atoms with Crippen LogP contribution in [0.25, 0.3) is 11.0 Å². The Morgan fingerprint density at radius 3 is 2.35 bits per heavy atom. The van der Waals surface area contributed by atoms with Crippen LogP contribution in [0.3, 0.4) is 0 Å². The standard InChI is InChI=1S/C30H27BrF5N5O4S/c1-2-29(32,33)20-5-3-19(4-6-20)16-38-28(42)26-18-40(27-17-37-25-15-21(31)7-12-24(25)39-27)13-14-41(26)46(43,44)23-10-8-22(9-11-23)45-30(34,35)36/h3-12,15,17,26H,2,13-14,16,18H2,1H3,(H,38,42)/t26-/m1/s1. The molecule has 5 rings (SSSR count). The summed E-state index contributed by atoms with van der Waals surface area (Å²) in [4.78, 5) is 24.1. The number of nitrogens with zero attached hydrogens (tertiary/aromatic N) is 4. The van der Waals surface area contributed by atoms with Gasteiger partial charge in [0.1, 0.15) is 17.6 Å². The predicted molar refractivity (Wildman–Crippen MR) is 163 cm³/mol. The molecule has 1 aromatic heterocycles. The molecule has 0 radical (unpaired) electrons. The first-order valence-electron chi connectivity index (χ1n) is 14.0. The number of halogens is 6. The lowest BCUT2D eigenvalue weighted by atomic mass is 10.0. The van der Waals surface area contributed by atoms with Crippen molar-refractivity contribution in [3.05, 3.63) is 88.5 Å². The smallest absolute Gasteiger partial charge is 0.406 e. The van der Waals surface area contributed by atoms with Crippen molar-refractivity contribution in [1.82, 2.24) is 19.6 Å². The summed E-state index contributed by atoms with van der Waals surface area (Å²) in [6, 6.07) is 13.2. The Kier molecular flexibility index (Phi) is 9.52. The monoisotopic (exact) mass is 727 g/mol. The summed E-state index contributed by atoms with van der Waals surface area (Å²) in [5.41, 5.74) is 1.54. The van der Waals surface area contributed by atoms with Gasteiger partial charge in [-0.2, -0.15) is 4.31 Å². The van der Waals surface area contributed by atoms with E-state index in [9.17, 15) is 35.2 Å². The zero-order chi connectivity index (χ0) is 33.3. The Balaban J connectivity index is 1.40. The van der Waals surface area contributed by atoms with Crippen molar-refractivity contribution in [2.24, 2.45) is 0 Å². The van der Waals surface area contributed by atoms with E-state index in [-0.39, 0.29) is 43.1 Å². The lowest BCUT2D eigenvalue weighted by molar-refractivity contribution is -0.274. The minimum absolute atomic E-state index is 0.0741. The average Bonchev–Trinajstić information content (AvgIpc) is 3.02. The van der Waals surface area contributed by atoms with Crippen LogP contribution in [0.2, 0.25) is 0 Å². The molecule has 1 aliphatic rings. The number of alkyl halides is 5. The molecule has 1 atom stereocenters. The van der Waals surface area contributed by atoms with Crippen molar-refractivity contribution in [3.8, 4) is 5.75 Å². The molecule has 0 aliphatic carbocycles. The van der Waals surface area contributed by atoms with Gasteiger partial charge in [0.2, 0.25) is 15.9 Å². The van der Waals surface area contributed by atoms with Gasteiger partial charge >= 0.3 is 6.36 Å². The number of sulfonamides is 1. The van der Waals surface area contributed by atoms with E-state index >= 15 is 0 Å². The molecule has 9 nitrogen and oxygen atoms in total. The molecular formula is C30H27BrF5N5O4S. The quantitative estimate of drug-likeness (QED) is 0.211. The Morgan fingerprint density at radius 1 is 1.00 bits per heavy atom. The molecule has 4 aromatic rings. The number of benzene rings is 3. The van der Waals surface area contributed by atoms with Crippen LogP contribution >= 0.6 is 15.9 Å². The topological polar surface area (TPSA) is 105 Å². The van der Waals surface area contributed by atoms with E-state index in [4.69, 9.17) is 0 Å². The third kappa shape index (κ3) is 7.56. The maximum absolute atomic E-state index is 14.0. The van der Waals surface area contributed by atoms with E-state index < -0.39 is 40.0 Å². The number of nitrogens with one attached hydrogen (secondary N) is 1. The molecule has 16 heteroatoms. The zero-order valence-electron chi connectivity index (χ0n) is 24.1. The highest BCUT2D eigenvalue weighted by molar-refractivity contribution is 9.10. The fraction of sp³-hybridized carbons (Fsp3) is 0.300. The highest BCUT2D eigenvalue weighted by Crippen LogP contribution is 2.32. The minimum Gasteiger partial charge on any atom is -0.406 e. The molecule has 244 valence electrons. The van der Waals surface area contributed by atoms with Crippen LogP contribution in [0.4, 0.5) is 27.8 Å². The number of carbonyl (C=O) groups excluding carboxylic acids is 1. The molecule has 3 aromatic carbocycles. The molecule has 0 bridgehead atoms. The summed E-state index contributed by atoms with van der Waals surface area (Å²) in [7, 11) is -4.39. The molecule has 1 saturated heterocycles. The van der Waals surface area contributed by atoms with Gasteiger partial charge in [-0.05, 0) is 48.0 Å². The van der Waals surface area contributed by atoms with Crippen molar-refractivity contribution in [1.29, 1.82) is 0 Å². The van der Waals surface area contributed by atoms with Gasteiger partial charge in [-0.3, -0.25) is 9.78 Å². The van der Waals surface area contributed by atoms with E-state index in [0.717, 1.165) is 33.0 Å². The van der Waals surface area contributed by atoms with Gasteiger partial charge in [0, 0.05) is 42.6 Å². The highest BCUT2D eigenvalue weighted by atomic mass is 79.9. The third-order valence-corrected chi connectivity index (χ3v) is 9.82. The largest absolute Gasteiger partial charge is 0.573 e. The summed E-state index contributed by atoms with van der Waals surface area (Å²) < 4.78 is 99.1. The highest BCUT2D eigenvalue weighted by Gasteiger charge is 2.41. The van der Waals surface area contributed by atoms with Crippen LogP contribution in [0.15, 0.2) is 82.3 Å². The summed E-state index contributed by atoms with van der Waals surface area (Å²) >= 11 is 3.38. The molecule has 46 heavy (non-hydrogen) atoms. The Hall–Kier alpha value is -3.89. The van der Waals surface area contributed by atoms with Gasteiger partial charge in [-0.25, -0.2) is 22.2 Å². The molecule has 0 spiro atoms. The number of carbonyl (C=O) groups is 1. The first-order chi connectivity index (χ1) is 21.7. The summed E-state index contributed by atoms with van der Waals surface area (Å²) in [6.07, 6.45) is -3.82. The zero-order valence-corrected chi connectivity index (χ0v) is 26.5. The van der Waals surface area contributed by atoms with E-state index in [2.05, 4.69) is 36.0 Å². The SMILES string of the molecule is CCC(F)(F)c1ccc(CNC(=O)[C@H]2CN(c3cnc4cc(Br)ccc4n3)CCN2S(=O)(=O)c2ccc(OC(F)(F)F)cc2)cc1. The second-order valence-electron chi connectivity index (χ2n) is 10.4. The molecule has 0 saturated carbocycles. The second-order valence-corrected chi connectivity index (χ2v) is 13.2. The first kappa shape index (κ1) is 33.5. The van der Waals surface area contributed by atoms with Crippen LogP contribution in [0.1, 0.15) is 24.5 Å². The van der Waals surface area contributed by atoms with Gasteiger partial charge in [0.15, 0.2) is 0 Å². The van der Waals surface area contributed by atoms with Crippen molar-refractivity contribution < 1.29 is 39.9 Å². The first-order valence-corrected chi connectivity index (χ1v) is 16.2. The molecular weight excluding hydrogens is 701 g/mol. The lowest BCUT2D eigenvalue weighted by Gasteiger charge is -2.40. The number of hydrogen-bond acceptors (Lipinski definition) is 7. The Morgan fingerprint density at radius 2 is 1.70 bits per heavy atom. The van der Waals surface area contributed by atoms with Crippen molar-refractivity contribution in [2.75, 3.05) is 24.5 Å². The Labute approximate surface area is 269 Å². The predicted octanol–water partition coefficient (Wildman–Crippen LogP) is 5.99. The van der Waals surface area contributed by atoms with Gasteiger partial charge in [0.25, 0.3) is 5.92 Å². The number of amides is 1. The van der Waals surface area contributed by atoms with Crippen LogP contribution in [0, 0.1) is 0 Å². The van der Waals surface area contributed by atoms with E-state index in [1.807, 2.05) is 0 Å². The molecule has 1 fully saturated rings. The van der Waals surface area contributed by atoms with E-state index in [1.54, 1.807) is 23.1 Å². The van der Waals surface area contributed by atoms with Crippen LogP contribution in [-0.2, 0) is 27.3 Å².